The van der Waals surface area contributed by atoms with Crippen LogP contribution >= 0.6 is 12.2 Å². The fourth-order valence-corrected chi connectivity index (χ4v) is 4.98. The van der Waals surface area contributed by atoms with E-state index < -0.39 is 41.9 Å². The average molecular weight is 659 g/mol. The summed E-state index contributed by atoms with van der Waals surface area (Å²) in [5, 5.41) is 8.42. The predicted octanol–water partition coefficient (Wildman–Crippen LogP) is 0.0573. The Morgan fingerprint density at radius 2 is 1.52 bits per heavy atom. The Hall–Kier alpha value is -4.08. The third-order valence-corrected chi connectivity index (χ3v) is 7.78. The van der Waals surface area contributed by atoms with Crippen molar-refractivity contribution in [2.75, 3.05) is 13.1 Å². The second-order valence-electron chi connectivity index (χ2n) is 11.7. The minimum absolute atomic E-state index is 0.0556. The Bertz CT molecular complexity index is 1370. The number of aliphatic imine (C=N–C) groups is 1. The summed E-state index contributed by atoms with van der Waals surface area (Å²) < 4.78 is 2.12. The Morgan fingerprint density at radius 3 is 2.11 bits per heavy atom. The van der Waals surface area contributed by atoms with Crippen molar-refractivity contribution in [2.24, 2.45) is 40.9 Å². The topological polar surface area (TPSA) is 242 Å². The number of amides is 3. The van der Waals surface area contributed by atoms with Gasteiger partial charge in [-0.25, -0.2) is 0 Å². The van der Waals surface area contributed by atoms with Gasteiger partial charge in [0.2, 0.25) is 17.7 Å². The number of nitrogens with two attached hydrogens (primary N) is 4. The molecule has 0 bridgehead atoms. The molecule has 46 heavy (non-hydrogen) atoms. The van der Waals surface area contributed by atoms with Crippen LogP contribution in [0.4, 0.5) is 0 Å². The predicted molar refractivity (Wildman–Crippen MR) is 181 cm³/mol. The van der Waals surface area contributed by atoms with Crippen LogP contribution in [0.1, 0.15) is 57.2 Å². The number of benzene rings is 1. The van der Waals surface area contributed by atoms with Crippen LogP contribution in [0, 0.1) is 10.7 Å². The number of Topliss-reactive ketones (excluding diaryl/α,β-unsaturated/α-hetero) is 1. The molecule has 0 radical (unpaired) electrons. The molecule has 0 spiro atoms. The van der Waals surface area contributed by atoms with Gasteiger partial charge < -0.3 is 48.4 Å². The molecule has 4 atom stereocenters. The largest absolute Gasteiger partial charge is 0.370 e. The van der Waals surface area contributed by atoms with Crippen LogP contribution in [0.5, 0.6) is 0 Å². The third kappa shape index (κ3) is 13.1. The van der Waals surface area contributed by atoms with Crippen LogP contribution < -0.4 is 38.9 Å². The highest BCUT2D eigenvalue weighted by Crippen LogP contribution is 2.11. The molecule has 254 valence electrons. The molecule has 0 aliphatic heterocycles. The number of carbonyl (C=O) groups excluding carboxylic acids is 4. The van der Waals surface area contributed by atoms with Gasteiger partial charge in [0, 0.05) is 37.8 Å². The molecule has 4 unspecified atom stereocenters. The smallest absolute Gasteiger partial charge is 0.243 e. The van der Waals surface area contributed by atoms with Crippen LogP contribution in [0.3, 0.4) is 0 Å². The summed E-state index contributed by atoms with van der Waals surface area (Å²) >= 11 is 5.27. The maximum atomic E-state index is 13.8. The van der Waals surface area contributed by atoms with Gasteiger partial charge in [-0.1, -0.05) is 44.2 Å². The van der Waals surface area contributed by atoms with Gasteiger partial charge in [-0.2, -0.15) is 0 Å². The standard InChI is InChI=1S/C31H50N10O4S/c1-19(2)26(42)24(16-20-10-5-4-6-11-20)39-28(44)23(13-7-8-14-32)38-29(45)25(17-21-18-41(3)31(46)37-21)40-27(43)22(33)12-9-15-36-30(34)35/h4-6,10-11,18-19,22-25H,7-9,12-17,32-33H2,1-3H3,(H,37,46)(H,38,45)(H,39,44)(H,40,43)(H4,34,35,36). The molecule has 1 aromatic carbocycles. The number of H-pyrrole nitrogens is 1. The summed E-state index contributed by atoms with van der Waals surface area (Å²) in [6.45, 7) is 4.27. The van der Waals surface area contributed by atoms with Gasteiger partial charge in [0.15, 0.2) is 16.5 Å². The fraction of sp³-hybridized carbons (Fsp3) is 0.548. The van der Waals surface area contributed by atoms with E-state index in [0.29, 0.717) is 49.2 Å². The lowest BCUT2D eigenvalue weighted by Crippen LogP contribution is -2.58. The lowest BCUT2D eigenvalue weighted by molar-refractivity contribution is -0.134. The molecular weight excluding hydrogens is 608 g/mol. The van der Waals surface area contributed by atoms with E-state index in [0.717, 1.165) is 5.56 Å². The summed E-state index contributed by atoms with van der Waals surface area (Å²) in [5.74, 6) is -2.14. The van der Waals surface area contributed by atoms with E-state index in [9.17, 15) is 19.2 Å². The molecule has 12 N–H and O–H groups in total. The number of aryl methyl sites for hydroxylation is 1. The number of aromatic amines is 1. The van der Waals surface area contributed by atoms with Crippen molar-refractivity contribution >= 4 is 41.7 Å². The molecule has 0 saturated carbocycles. The summed E-state index contributed by atoms with van der Waals surface area (Å²) in [6.07, 6.45) is 4.29. The highest BCUT2D eigenvalue weighted by atomic mass is 32.1. The summed E-state index contributed by atoms with van der Waals surface area (Å²) in [7, 11) is 1.75. The van der Waals surface area contributed by atoms with Crippen LogP contribution in [0.15, 0.2) is 41.5 Å². The third-order valence-electron chi connectivity index (χ3n) is 7.39. The van der Waals surface area contributed by atoms with Crippen LogP contribution in [0.2, 0.25) is 0 Å². The number of rotatable bonds is 20. The zero-order valence-corrected chi connectivity index (χ0v) is 27.8. The number of aromatic nitrogens is 2. The lowest BCUT2D eigenvalue weighted by atomic mass is 9.95. The second kappa shape index (κ2) is 19.4. The van der Waals surface area contributed by atoms with E-state index in [1.165, 1.54) is 0 Å². The van der Waals surface area contributed by atoms with E-state index in [1.807, 2.05) is 30.3 Å². The van der Waals surface area contributed by atoms with Crippen molar-refractivity contribution in [1.29, 1.82) is 0 Å². The van der Waals surface area contributed by atoms with E-state index in [-0.39, 0.29) is 36.9 Å². The Kier molecular flexibility index (Phi) is 16.1. The number of guanidine groups is 1. The molecule has 1 aromatic heterocycles. The minimum atomic E-state index is -1.09. The number of nitrogens with zero attached hydrogens (tertiary/aromatic N) is 2. The monoisotopic (exact) mass is 658 g/mol. The fourth-order valence-electron chi connectivity index (χ4n) is 4.79. The van der Waals surface area contributed by atoms with Gasteiger partial charge >= 0.3 is 0 Å². The summed E-state index contributed by atoms with van der Waals surface area (Å²) in [4.78, 5) is 60.6. The van der Waals surface area contributed by atoms with Crippen molar-refractivity contribution in [1.82, 2.24) is 25.5 Å². The number of ketones is 1. The molecular formula is C31H50N10O4S. The molecule has 0 saturated heterocycles. The van der Waals surface area contributed by atoms with Gasteiger partial charge in [-0.05, 0) is 62.9 Å². The molecule has 0 aliphatic rings. The van der Waals surface area contributed by atoms with Gasteiger partial charge in [0.1, 0.15) is 12.1 Å². The number of unbranched alkanes of at least 4 members (excludes halogenated alkanes) is 1. The molecule has 15 heteroatoms. The number of carbonyl (C=O) groups is 4. The van der Waals surface area contributed by atoms with Crippen molar-refractivity contribution in [3.63, 3.8) is 0 Å². The zero-order valence-electron chi connectivity index (χ0n) is 27.0. The SMILES string of the molecule is CC(C)C(=O)C(Cc1ccccc1)NC(=O)C(CCCCN)NC(=O)C(Cc1cn(C)c(=S)[nH]1)NC(=O)C(N)CCCN=C(N)N. The zero-order chi connectivity index (χ0) is 34.2. The summed E-state index contributed by atoms with van der Waals surface area (Å²) in [6, 6.07) is 5.60. The molecule has 1 heterocycles. The molecule has 2 aromatic rings. The highest BCUT2D eigenvalue weighted by molar-refractivity contribution is 7.71. The van der Waals surface area contributed by atoms with Crippen molar-refractivity contribution in [3.8, 4) is 0 Å². The first-order valence-electron chi connectivity index (χ1n) is 15.6. The minimum Gasteiger partial charge on any atom is -0.370 e. The van der Waals surface area contributed by atoms with Gasteiger partial charge in [0.25, 0.3) is 0 Å². The number of hydrogen-bond acceptors (Lipinski definition) is 8. The Balaban J connectivity index is 2.27. The van der Waals surface area contributed by atoms with E-state index >= 15 is 0 Å². The molecule has 0 fully saturated rings. The first-order chi connectivity index (χ1) is 21.8. The van der Waals surface area contributed by atoms with E-state index in [1.54, 1.807) is 31.7 Å². The maximum absolute atomic E-state index is 13.8. The number of imidazole rings is 1. The first kappa shape index (κ1) is 38.1. The normalized spacial score (nSPS) is 13.7. The molecule has 14 nitrogen and oxygen atoms in total. The quantitative estimate of drug-likeness (QED) is 0.0414. The maximum Gasteiger partial charge on any atom is 0.243 e. The number of nitrogens with one attached hydrogen (secondary N) is 4. The molecule has 2 rings (SSSR count). The van der Waals surface area contributed by atoms with E-state index in [4.69, 9.17) is 35.2 Å². The van der Waals surface area contributed by atoms with Crippen LogP contribution in [-0.4, -0.2) is 76.3 Å². The van der Waals surface area contributed by atoms with Gasteiger partial charge in [0.05, 0.1) is 12.1 Å². The number of hydrogen-bond donors (Lipinski definition) is 8. The van der Waals surface area contributed by atoms with Gasteiger partial charge in [-0.15, -0.1) is 0 Å². The van der Waals surface area contributed by atoms with Crippen LogP contribution in [-0.2, 0) is 39.1 Å². The van der Waals surface area contributed by atoms with E-state index in [2.05, 4.69) is 25.9 Å². The Labute approximate surface area is 275 Å². The first-order valence-corrected chi connectivity index (χ1v) is 16.0. The highest BCUT2D eigenvalue weighted by Gasteiger charge is 2.31. The van der Waals surface area contributed by atoms with Gasteiger partial charge in [-0.3, -0.25) is 24.2 Å². The lowest BCUT2D eigenvalue weighted by Gasteiger charge is -2.26. The van der Waals surface area contributed by atoms with Crippen molar-refractivity contribution in [2.45, 2.75) is 83.0 Å². The summed E-state index contributed by atoms with van der Waals surface area (Å²) in [5.41, 5.74) is 24.0. The average Bonchev–Trinajstić information content (AvgIpc) is 3.33. The molecule has 0 aliphatic carbocycles. The molecule has 3 amide bonds. The second-order valence-corrected chi connectivity index (χ2v) is 12.1. The van der Waals surface area contributed by atoms with Crippen LogP contribution in [0.25, 0.3) is 0 Å². The Morgan fingerprint density at radius 1 is 0.891 bits per heavy atom. The van der Waals surface area contributed by atoms with Crippen molar-refractivity contribution < 1.29 is 19.2 Å². The van der Waals surface area contributed by atoms with Crippen molar-refractivity contribution in [3.05, 3.63) is 52.6 Å².